The molecule has 3 aromatic rings. The molecule has 0 saturated carbocycles. The van der Waals surface area contributed by atoms with Crippen molar-refractivity contribution < 1.29 is 5.11 Å². The summed E-state index contributed by atoms with van der Waals surface area (Å²) in [5, 5.41) is 12.8. The Morgan fingerprint density at radius 3 is 2.65 bits per heavy atom. The molecular weight excluding hydrogens is 290 g/mol. The van der Waals surface area contributed by atoms with Crippen molar-refractivity contribution in [2.45, 2.75) is 13.8 Å². The number of aryl methyl sites for hydroxylation is 2. The molecule has 0 aliphatic heterocycles. The van der Waals surface area contributed by atoms with Crippen molar-refractivity contribution in [2.75, 3.05) is 0 Å². The Bertz CT molecular complexity index is 935. The van der Waals surface area contributed by atoms with E-state index in [9.17, 15) is 9.90 Å². The number of benzene rings is 2. The molecule has 5 nitrogen and oxygen atoms in total. The number of aromatic amines is 1. The van der Waals surface area contributed by atoms with Gasteiger partial charge in [0.1, 0.15) is 11.4 Å². The minimum atomic E-state index is -0.174. The number of aliphatic imine (C=N–C) groups is 1. The van der Waals surface area contributed by atoms with E-state index in [1.54, 1.807) is 24.3 Å². The lowest BCUT2D eigenvalue weighted by Gasteiger charge is -2.02. The molecule has 0 unspecified atom stereocenters. The molecule has 0 amide bonds. The zero-order chi connectivity index (χ0) is 16.4. The van der Waals surface area contributed by atoms with Crippen LogP contribution in [0.2, 0.25) is 0 Å². The lowest BCUT2D eigenvalue weighted by Crippen LogP contribution is -2.17. The van der Waals surface area contributed by atoms with E-state index in [1.807, 2.05) is 38.1 Å². The van der Waals surface area contributed by atoms with Crippen LogP contribution in [-0.2, 0) is 0 Å². The Balaban J connectivity index is 2.02. The minimum Gasteiger partial charge on any atom is -0.506 e. The van der Waals surface area contributed by atoms with Crippen LogP contribution in [0.3, 0.4) is 0 Å². The molecule has 0 bridgehead atoms. The van der Waals surface area contributed by atoms with Crippen molar-refractivity contribution in [3.8, 4) is 11.4 Å². The van der Waals surface area contributed by atoms with Gasteiger partial charge in [-0.15, -0.1) is 0 Å². The van der Waals surface area contributed by atoms with Gasteiger partial charge in [-0.05, 0) is 43.7 Å². The molecule has 1 aromatic heterocycles. The van der Waals surface area contributed by atoms with Gasteiger partial charge in [0.2, 0.25) is 0 Å². The Labute approximate surface area is 133 Å². The molecule has 0 aliphatic carbocycles. The number of H-pyrrole nitrogens is 1. The lowest BCUT2D eigenvalue weighted by molar-refractivity contribution is 0.477. The van der Waals surface area contributed by atoms with Crippen molar-refractivity contribution in [1.82, 2.24) is 9.78 Å². The molecule has 0 aliphatic rings. The maximum atomic E-state index is 12.6. The van der Waals surface area contributed by atoms with Gasteiger partial charge in [-0.1, -0.05) is 24.3 Å². The molecule has 5 heteroatoms. The van der Waals surface area contributed by atoms with Crippen molar-refractivity contribution in [1.29, 1.82) is 0 Å². The first kappa shape index (κ1) is 14.8. The average molecular weight is 307 g/mol. The van der Waals surface area contributed by atoms with Crippen LogP contribution in [0.1, 0.15) is 16.8 Å². The quantitative estimate of drug-likeness (QED) is 0.729. The molecule has 3 rings (SSSR count). The van der Waals surface area contributed by atoms with Crippen LogP contribution in [0.5, 0.6) is 5.75 Å². The van der Waals surface area contributed by atoms with Gasteiger partial charge in [0.15, 0.2) is 0 Å². The molecule has 0 fully saturated rings. The fourth-order valence-electron chi connectivity index (χ4n) is 2.37. The number of rotatable bonds is 3. The predicted molar refractivity (Wildman–Crippen MR) is 91.2 cm³/mol. The standard InChI is InChI=1S/C18H17N3O2/c1-12-6-5-7-14(10-12)21-18(23)15(13(2)20-21)11-19-16-8-3-4-9-17(16)22/h3-11,20,22H,1-2H3. The number of phenolic OH excluding ortho intramolecular Hbond substituents is 1. The van der Waals surface area contributed by atoms with E-state index in [0.717, 1.165) is 16.9 Å². The van der Waals surface area contributed by atoms with Gasteiger partial charge in [0, 0.05) is 11.9 Å². The highest BCUT2D eigenvalue weighted by Crippen LogP contribution is 2.24. The SMILES string of the molecule is Cc1cccc(-n2[nH]c(C)c(C=Nc3ccccc3O)c2=O)c1. The van der Waals surface area contributed by atoms with Crippen LogP contribution in [-0.4, -0.2) is 21.1 Å². The Morgan fingerprint density at radius 1 is 1.13 bits per heavy atom. The summed E-state index contributed by atoms with van der Waals surface area (Å²) in [4.78, 5) is 16.8. The summed E-state index contributed by atoms with van der Waals surface area (Å²) in [6, 6.07) is 14.4. The van der Waals surface area contributed by atoms with Crippen LogP contribution >= 0.6 is 0 Å². The van der Waals surface area contributed by atoms with Crippen LogP contribution in [0.15, 0.2) is 58.3 Å². The number of hydrogen-bond donors (Lipinski definition) is 2. The topological polar surface area (TPSA) is 70.4 Å². The molecule has 2 N–H and O–H groups in total. The lowest BCUT2D eigenvalue weighted by atomic mass is 10.2. The molecule has 2 aromatic carbocycles. The Hall–Kier alpha value is -3.08. The minimum absolute atomic E-state index is 0.0796. The first-order valence-electron chi connectivity index (χ1n) is 7.27. The van der Waals surface area contributed by atoms with Gasteiger partial charge in [-0.2, -0.15) is 0 Å². The highest BCUT2D eigenvalue weighted by Gasteiger charge is 2.11. The van der Waals surface area contributed by atoms with E-state index in [2.05, 4.69) is 10.1 Å². The maximum Gasteiger partial charge on any atom is 0.280 e. The van der Waals surface area contributed by atoms with E-state index in [-0.39, 0.29) is 11.3 Å². The number of para-hydroxylation sites is 2. The second-order valence-corrected chi connectivity index (χ2v) is 5.38. The highest BCUT2D eigenvalue weighted by molar-refractivity contribution is 5.83. The van der Waals surface area contributed by atoms with Crippen molar-refractivity contribution in [2.24, 2.45) is 4.99 Å². The first-order valence-corrected chi connectivity index (χ1v) is 7.27. The third-order valence-corrected chi connectivity index (χ3v) is 3.59. The number of aromatic hydroxyl groups is 1. The zero-order valence-electron chi connectivity index (χ0n) is 12.9. The molecule has 23 heavy (non-hydrogen) atoms. The summed E-state index contributed by atoms with van der Waals surface area (Å²) in [7, 11) is 0. The fraction of sp³-hybridized carbons (Fsp3) is 0.111. The second kappa shape index (κ2) is 5.96. The molecule has 0 radical (unpaired) electrons. The van der Waals surface area contributed by atoms with Crippen LogP contribution in [0.4, 0.5) is 5.69 Å². The van der Waals surface area contributed by atoms with Crippen LogP contribution < -0.4 is 5.56 Å². The summed E-state index contributed by atoms with van der Waals surface area (Å²) in [6.45, 7) is 3.80. The normalized spacial score (nSPS) is 11.2. The summed E-state index contributed by atoms with van der Waals surface area (Å²) < 4.78 is 1.49. The number of phenols is 1. The first-order chi connectivity index (χ1) is 11.1. The molecule has 0 saturated heterocycles. The van der Waals surface area contributed by atoms with Crippen LogP contribution in [0.25, 0.3) is 5.69 Å². The zero-order valence-corrected chi connectivity index (χ0v) is 12.9. The van der Waals surface area contributed by atoms with Crippen LogP contribution in [0, 0.1) is 13.8 Å². The molecule has 0 spiro atoms. The number of aromatic nitrogens is 2. The molecule has 1 heterocycles. The number of hydrogen-bond acceptors (Lipinski definition) is 3. The second-order valence-electron chi connectivity index (χ2n) is 5.38. The summed E-state index contributed by atoms with van der Waals surface area (Å²) in [5.74, 6) is 0.0796. The van der Waals surface area contributed by atoms with Gasteiger partial charge >= 0.3 is 0 Å². The van der Waals surface area contributed by atoms with E-state index < -0.39 is 0 Å². The number of nitrogens with one attached hydrogen (secondary N) is 1. The summed E-state index contributed by atoms with van der Waals surface area (Å²) >= 11 is 0. The average Bonchev–Trinajstić information content (AvgIpc) is 2.81. The van der Waals surface area contributed by atoms with Gasteiger partial charge in [0.05, 0.1) is 11.3 Å². The Kier molecular flexibility index (Phi) is 3.85. The van der Waals surface area contributed by atoms with E-state index in [1.165, 1.54) is 10.9 Å². The van der Waals surface area contributed by atoms with E-state index in [0.29, 0.717) is 11.3 Å². The predicted octanol–water partition coefficient (Wildman–Crippen LogP) is 3.24. The van der Waals surface area contributed by atoms with Crippen molar-refractivity contribution in [3.63, 3.8) is 0 Å². The van der Waals surface area contributed by atoms with Crippen molar-refractivity contribution in [3.05, 3.63) is 75.7 Å². The largest absolute Gasteiger partial charge is 0.506 e. The Morgan fingerprint density at radius 2 is 1.91 bits per heavy atom. The number of nitrogens with zero attached hydrogens (tertiary/aromatic N) is 2. The monoisotopic (exact) mass is 307 g/mol. The fourth-order valence-corrected chi connectivity index (χ4v) is 2.37. The molecule has 0 atom stereocenters. The van der Waals surface area contributed by atoms with E-state index in [4.69, 9.17) is 0 Å². The van der Waals surface area contributed by atoms with E-state index >= 15 is 0 Å². The van der Waals surface area contributed by atoms with Crippen molar-refractivity contribution >= 4 is 11.9 Å². The maximum absolute atomic E-state index is 12.6. The van der Waals surface area contributed by atoms with Gasteiger partial charge in [0.25, 0.3) is 5.56 Å². The van der Waals surface area contributed by atoms with Gasteiger partial charge < -0.3 is 5.11 Å². The van der Waals surface area contributed by atoms with Gasteiger partial charge in [-0.3, -0.25) is 14.9 Å². The molecule has 116 valence electrons. The third-order valence-electron chi connectivity index (χ3n) is 3.59. The van der Waals surface area contributed by atoms with Gasteiger partial charge in [-0.25, -0.2) is 4.68 Å². The smallest absolute Gasteiger partial charge is 0.280 e. The summed E-state index contributed by atoms with van der Waals surface area (Å²) in [5.41, 5.74) is 3.29. The third kappa shape index (κ3) is 2.94. The highest BCUT2D eigenvalue weighted by atomic mass is 16.3. The molecular formula is C18H17N3O2. The summed E-state index contributed by atoms with van der Waals surface area (Å²) in [6.07, 6.45) is 1.48.